The number of nitrogens with zero attached hydrogens (tertiary/aromatic N) is 4. The van der Waals surface area contributed by atoms with E-state index in [1.807, 2.05) is 91.0 Å². The van der Waals surface area contributed by atoms with Crippen LogP contribution in [0.15, 0.2) is 104 Å². The van der Waals surface area contributed by atoms with Crippen LogP contribution in [0.25, 0.3) is 10.9 Å². The van der Waals surface area contributed by atoms with Gasteiger partial charge in [-0.1, -0.05) is 78.9 Å². The maximum absolute atomic E-state index is 12.2. The fourth-order valence-electron chi connectivity index (χ4n) is 3.87. The lowest BCUT2D eigenvalue weighted by atomic mass is 9.99. The highest BCUT2D eigenvalue weighted by atomic mass is 16.6. The Morgan fingerprint density at radius 2 is 1.38 bits per heavy atom. The lowest BCUT2D eigenvalue weighted by Gasteiger charge is -2.20. The van der Waals surface area contributed by atoms with Crippen LogP contribution < -0.4 is 10.6 Å². The van der Waals surface area contributed by atoms with Gasteiger partial charge in [-0.3, -0.25) is 15.1 Å². The number of nitro groups is 1. The van der Waals surface area contributed by atoms with Gasteiger partial charge >= 0.3 is 5.69 Å². The lowest BCUT2D eigenvalue weighted by Crippen LogP contribution is -2.15. The van der Waals surface area contributed by atoms with Gasteiger partial charge < -0.3 is 10.6 Å². The molecule has 2 aromatic heterocycles. The first kappa shape index (κ1) is 21.0. The van der Waals surface area contributed by atoms with Gasteiger partial charge in [0.25, 0.3) is 0 Å². The summed E-state index contributed by atoms with van der Waals surface area (Å²) < 4.78 is 0. The van der Waals surface area contributed by atoms with Crippen molar-refractivity contribution in [3.63, 3.8) is 0 Å². The molecule has 0 unspecified atom stereocenters. The van der Waals surface area contributed by atoms with Crippen LogP contribution in [0, 0.1) is 10.1 Å². The average Bonchev–Trinajstić information content (AvgIpc) is 2.88. The largest absolute Gasteiger partial charge is 0.353 e. The molecule has 0 aliphatic rings. The molecule has 0 saturated carbocycles. The van der Waals surface area contributed by atoms with Crippen molar-refractivity contribution in [2.45, 2.75) is 6.04 Å². The highest BCUT2D eigenvalue weighted by Gasteiger charge is 2.26. The maximum Gasteiger partial charge on any atom is 0.353 e. The van der Waals surface area contributed by atoms with E-state index in [4.69, 9.17) is 0 Å². The van der Waals surface area contributed by atoms with Crippen molar-refractivity contribution < 1.29 is 4.92 Å². The fourth-order valence-corrected chi connectivity index (χ4v) is 3.87. The third-order valence-electron chi connectivity index (χ3n) is 5.44. The molecule has 8 nitrogen and oxygen atoms in total. The average molecular weight is 448 g/mol. The molecule has 3 aromatic carbocycles. The molecule has 0 aliphatic heterocycles. The molecule has 0 saturated heterocycles. The molecule has 0 amide bonds. The van der Waals surface area contributed by atoms with Gasteiger partial charge in [0, 0.05) is 11.6 Å². The van der Waals surface area contributed by atoms with Crippen LogP contribution in [0.5, 0.6) is 0 Å². The smallest absolute Gasteiger partial charge is 0.353 e. The number of benzene rings is 3. The summed E-state index contributed by atoms with van der Waals surface area (Å²) >= 11 is 0. The minimum Gasteiger partial charge on any atom is -0.353 e. The van der Waals surface area contributed by atoms with Crippen molar-refractivity contribution in [3.8, 4) is 0 Å². The lowest BCUT2D eigenvalue weighted by molar-refractivity contribution is -0.383. The van der Waals surface area contributed by atoms with Gasteiger partial charge in [0.15, 0.2) is 0 Å². The van der Waals surface area contributed by atoms with E-state index < -0.39 is 4.92 Å². The molecule has 2 N–H and O–H groups in total. The zero-order valence-electron chi connectivity index (χ0n) is 18.0. The predicted molar refractivity (Wildman–Crippen MR) is 132 cm³/mol. The summed E-state index contributed by atoms with van der Waals surface area (Å²) in [6.07, 6.45) is 2.99. The molecule has 8 heteroatoms. The summed E-state index contributed by atoms with van der Waals surface area (Å²) in [6.45, 7) is 0. The zero-order valence-corrected chi connectivity index (χ0v) is 18.0. The van der Waals surface area contributed by atoms with Crippen molar-refractivity contribution in [1.29, 1.82) is 0 Å². The Labute approximate surface area is 195 Å². The van der Waals surface area contributed by atoms with Crippen LogP contribution in [0.2, 0.25) is 0 Å². The first-order valence-corrected chi connectivity index (χ1v) is 10.7. The molecule has 0 spiro atoms. The monoisotopic (exact) mass is 448 g/mol. The number of para-hydroxylation sites is 1. The predicted octanol–water partition coefficient (Wildman–Crippen LogP) is 5.88. The molecule has 0 fully saturated rings. The van der Waals surface area contributed by atoms with Crippen LogP contribution in [0.4, 0.5) is 23.0 Å². The van der Waals surface area contributed by atoms with Gasteiger partial charge in [0.1, 0.15) is 6.33 Å². The van der Waals surface area contributed by atoms with Crippen LogP contribution >= 0.6 is 0 Å². The highest BCUT2D eigenvalue weighted by molar-refractivity contribution is 5.92. The molecule has 5 aromatic rings. The van der Waals surface area contributed by atoms with Crippen LogP contribution in [0.3, 0.4) is 0 Å². The summed E-state index contributed by atoms with van der Waals surface area (Å²) in [4.78, 5) is 24.5. The number of rotatable bonds is 7. The normalized spacial score (nSPS) is 10.9. The summed E-state index contributed by atoms with van der Waals surface area (Å²) in [5.74, 6) is 0.203. The second-order valence-corrected chi connectivity index (χ2v) is 7.58. The number of anilines is 3. The van der Waals surface area contributed by atoms with E-state index in [9.17, 15) is 10.1 Å². The van der Waals surface area contributed by atoms with Gasteiger partial charge in [-0.25, -0.2) is 9.97 Å². The Morgan fingerprint density at radius 3 is 2.06 bits per heavy atom. The fraction of sp³-hybridized carbons (Fsp3) is 0.0385. The van der Waals surface area contributed by atoms with Gasteiger partial charge in [-0.2, -0.15) is 0 Å². The molecule has 34 heavy (non-hydrogen) atoms. The minimum absolute atomic E-state index is 0.0838. The van der Waals surface area contributed by atoms with Gasteiger partial charge in [0.05, 0.1) is 22.2 Å². The van der Waals surface area contributed by atoms with Gasteiger partial charge in [-0.15, -0.1) is 0 Å². The Hall–Kier alpha value is -4.85. The van der Waals surface area contributed by atoms with Crippen molar-refractivity contribution in [2.75, 3.05) is 10.6 Å². The third-order valence-corrected chi connectivity index (χ3v) is 5.44. The van der Waals surface area contributed by atoms with E-state index in [0.717, 1.165) is 16.5 Å². The molecule has 5 rings (SSSR count). The number of hydrogen-bond acceptors (Lipinski definition) is 7. The van der Waals surface area contributed by atoms with Crippen molar-refractivity contribution in [3.05, 3.63) is 125 Å². The molecule has 0 aliphatic carbocycles. The summed E-state index contributed by atoms with van der Waals surface area (Å²) in [5, 5.41) is 19.5. The molecule has 0 bridgehead atoms. The Balaban J connectivity index is 1.57. The summed E-state index contributed by atoms with van der Waals surface area (Å²) in [6, 6.07) is 28.5. The first-order valence-electron chi connectivity index (χ1n) is 10.7. The maximum atomic E-state index is 12.2. The number of pyridine rings is 1. The second-order valence-electron chi connectivity index (χ2n) is 7.58. The summed E-state index contributed by atoms with van der Waals surface area (Å²) in [5.41, 5.74) is 2.98. The number of fused-ring (bicyclic) bond motifs is 1. The van der Waals surface area contributed by atoms with Crippen LogP contribution in [-0.4, -0.2) is 19.9 Å². The van der Waals surface area contributed by atoms with Crippen LogP contribution in [-0.2, 0) is 0 Å². The first-order chi connectivity index (χ1) is 16.7. The van der Waals surface area contributed by atoms with Crippen molar-refractivity contribution >= 4 is 33.9 Å². The van der Waals surface area contributed by atoms with E-state index in [2.05, 4.69) is 25.6 Å². The van der Waals surface area contributed by atoms with E-state index in [0.29, 0.717) is 11.2 Å². The SMILES string of the molecule is O=[N+]([O-])c1c(Nc2cccc3cccnc23)ncnc1NC(c1ccccc1)c1ccccc1. The number of nitrogens with one attached hydrogen (secondary N) is 2. The number of hydrogen-bond donors (Lipinski definition) is 2. The summed E-state index contributed by atoms with van der Waals surface area (Å²) in [7, 11) is 0. The Morgan fingerprint density at radius 1 is 0.735 bits per heavy atom. The third kappa shape index (κ3) is 4.24. The second kappa shape index (κ2) is 9.33. The zero-order chi connectivity index (χ0) is 23.3. The molecule has 166 valence electrons. The van der Waals surface area contributed by atoms with E-state index >= 15 is 0 Å². The molecule has 0 radical (unpaired) electrons. The Bertz CT molecular complexity index is 1400. The van der Waals surface area contributed by atoms with Gasteiger partial charge in [-0.05, 0) is 23.3 Å². The Kier molecular flexibility index (Phi) is 5.77. The highest BCUT2D eigenvalue weighted by Crippen LogP contribution is 2.36. The van der Waals surface area contributed by atoms with E-state index in [1.165, 1.54) is 6.33 Å². The molecule has 2 heterocycles. The standard InChI is InChI=1S/C26H20N6O2/c33-32(34)24-25(30-21-15-7-13-20-14-8-16-27-23(20)21)28-17-29-26(24)31-22(18-9-3-1-4-10-18)19-11-5-2-6-12-19/h1-17,22H,(H2,28,29,30,31). The topological polar surface area (TPSA) is 106 Å². The molecular weight excluding hydrogens is 428 g/mol. The van der Waals surface area contributed by atoms with Crippen LogP contribution in [0.1, 0.15) is 17.2 Å². The number of aromatic nitrogens is 3. The minimum atomic E-state index is -0.476. The van der Waals surface area contributed by atoms with E-state index in [1.54, 1.807) is 6.20 Å². The van der Waals surface area contributed by atoms with Crippen molar-refractivity contribution in [1.82, 2.24) is 15.0 Å². The van der Waals surface area contributed by atoms with E-state index in [-0.39, 0.29) is 23.4 Å². The molecule has 0 atom stereocenters. The van der Waals surface area contributed by atoms with Crippen molar-refractivity contribution in [2.24, 2.45) is 0 Å². The quantitative estimate of drug-likeness (QED) is 0.237. The van der Waals surface area contributed by atoms with Gasteiger partial charge in [0.2, 0.25) is 11.6 Å². The molecular formula is C26H20N6O2.